The van der Waals surface area contributed by atoms with Crippen LogP contribution in [0.25, 0.3) is 222 Å². The van der Waals surface area contributed by atoms with E-state index in [1.54, 1.807) is 0 Å². The van der Waals surface area contributed by atoms with Gasteiger partial charge in [0, 0.05) is 117 Å². The van der Waals surface area contributed by atoms with Crippen molar-refractivity contribution in [3.05, 3.63) is 333 Å². The Kier molecular flexibility index (Phi) is 13.9. The molecule has 24 aromatic rings. The molecule has 500 valence electrons. The zero-order valence-corrected chi connectivity index (χ0v) is 59.3. The molecular formula is C96H55ClN6O2S2. The number of halogens is 1. The van der Waals surface area contributed by atoms with Crippen LogP contribution in [0.3, 0.4) is 0 Å². The second-order valence-electron chi connectivity index (χ2n) is 27.4. The van der Waals surface area contributed by atoms with Crippen molar-refractivity contribution in [2.45, 2.75) is 0 Å². The predicted molar refractivity (Wildman–Crippen MR) is 451 cm³/mol. The number of nitrogens with one attached hydrogen (secondary N) is 1. The highest BCUT2D eigenvalue weighted by Crippen LogP contribution is 2.47. The van der Waals surface area contributed by atoms with Crippen molar-refractivity contribution in [1.29, 1.82) is 0 Å². The van der Waals surface area contributed by atoms with Gasteiger partial charge in [-0.05, 0) is 140 Å². The minimum absolute atomic E-state index is 0.538. The van der Waals surface area contributed by atoms with Crippen molar-refractivity contribution in [3.8, 4) is 50.7 Å². The number of furan rings is 2. The maximum Gasteiger partial charge on any atom is 0.246 e. The van der Waals surface area contributed by atoms with E-state index in [1.165, 1.54) is 127 Å². The molecule has 0 amide bonds. The van der Waals surface area contributed by atoms with Crippen LogP contribution in [0.5, 0.6) is 0 Å². The summed E-state index contributed by atoms with van der Waals surface area (Å²) in [6.45, 7) is 0. The molecule has 0 bridgehead atoms. The number of aromatic nitrogens is 6. The number of fused-ring (bicyclic) bond motifs is 24. The molecule has 8 aromatic heterocycles. The van der Waals surface area contributed by atoms with Crippen LogP contribution in [0.15, 0.2) is 336 Å². The monoisotopic (exact) mass is 1420 g/mol. The van der Waals surface area contributed by atoms with E-state index in [0.717, 1.165) is 83.7 Å². The lowest BCUT2D eigenvalue weighted by Gasteiger charge is -2.13. The second kappa shape index (κ2) is 24.4. The molecule has 0 atom stereocenters. The molecule has 16 aromatic carbocycles. The first-order chi connectivity index (χ1) is 52.9. The third kappa shape index (κ3) is 10.1. The van der Waals surface area contributed by atoms with E-state index in [2.05, 4.69) is 222 Å². The number of para-hydroxylation sites is 2. The standard InChI is InChI=1S/C48H27N3OS.C26H15NS.C22H13ClN2O/c1-2-12-29(13-3-1)44-45(49-46-36-19-8-9-20-42(36)52-48(46)50-44)32-16-10-17-33(23-32)51-40-25-31-15-5-4-14-30(31)24-37(40)38-26-39-35-22-21-28-11-6-7-18-34(28)47(35)53-43(39)27-41(38)51;1-2-7-17-12-23-20(11-16(17)6-1)21-13-22-19-10-9-15-5-3-4-8-18(15)26(19)28-25(22)14-24(21)27-23;23-16-10-6-9-15(13-16)20-19(14-7-2-1-3-8-14)25-22-21(24-20)17-11-4-5-12-18(17)26-22/h1-27H;1-14,27H;1-13H. The molecule has 0 spiro atoms. The quantitative estimate of drug-likeness (QED) is 0.184. The number of rotatable bonds is 5. The third-order valence-electron chi connectivity index (χ3n) is 21.1. The lowest BCUT2D eigenvalue weighted by atomic mass is 10.0. The molecule has 11 heteroatoms. The fourth-order valence-corrected chi connectivity index (χ4v) is 18.7. The normalized spacial score (nSPS) is 12.0. The smallest absolute Gasteiger partial charge is 0.246 e. The molecule has 1 N–H and O–H groups in total. The summed E-state index contributed by atoms with van der Waals surface area (Å²) >= 11 is 10.0. The van der Waals surface area contributed by atoms with Gasteiger partial charge in [-0.3, -0.25) is 0 Å². The molecular weight excluding hydrogens is 1370 g/mol. The van der Waals surface area contributed by atoms with Crippen LogP contribution in [0.4, 0.5) is 0 Å². The molecule has 0 saturated carbocycles. The molecule has 8 heterocycles. The van der Waals surface area contributed by atoms with E-state index in [4.69, 9.17) is 40.4 Å². The first-order valence-electron chi connectivity index (χ1n) is 35.7. The van der Waals surface area contributed by atoms with Gasteiger partial charge in [0.15, 0.2) is 0 Å². The van der Waals surface area contributed by atoms with Gasteiger partial charge in [-0.15, -0.1) is 22.7 Å². The van der Waals surface area contributed by atoms with E-state index in [1.807, 2.05) is 138 Å². The Morgan fingerprint density at radius 3 is 1.28 bits per heavy atom. The number of thiophene rings is 2. The number of H-pyrrole nitrogens is 1. The van der Waals surface area contributed by atoms with Crippen LogP contribution in [0, 0.1) is 0 Å². The van der Waals surface area contributed by atoms with Gasteiger partial charge in [-0.2, -0.15) is 0 Å². The Bertz CT molecular complexity index is 7790. The number of benzene rings is 16. The summed E-state index contributed by atoms with van der Waals surface area (Å²) in [4.78, 5) is 23.9. The Labute approximate surface area is 622 Å². The Morgan fingerprint density at radius 2 is 0.701 bits per heavy atom. The van der Waals surface area contributed by atoms with Crippen molar-refractivity contribution < 1.29 is 8.83 Å². The molecule has 0 fully saturated rings. The number of nitrogens with zero attached hydrogens (tertiary/aromatic N) is 5. The van der Waals surface area contributed by atoms with E-state index in [9.17, 15) is 0 Å². The third-order valence-corrected chi connectivity index (χ3v) is 23.7. The van der Waals surface area contributed by atoms with Gasteiger partial charge >= 0.3 is 0 Å². The van der Waals surface area contributed by atoms with E-state index in [0.29, 0.717) is 16.4 Å². The number of aromatic amines is 1. The van der Waals surface area contributed by atoms with Crippen LogP contribution in [0.1, 0.15) is 0 Å². The molecule has 0 radical (unpaired) electrons. The fraction of sp³-hybridized carbons (Fsp3) is 0. The first kappa shape index (κ1) is 61.2. The SMILES string of the molecule is Clc1cccc(-c2nc3c(nc2-c2ccccc2)oc2ccccc23)c1.c1ccc(-c2nc3oc4ccccc4c3nc2-c2cccc(-n3c4cc5ccccc5cc4c4cc5c(cc43)sc3c4ccccc4ccc53)c2)cc1.c1ccc2cc3c(cc2c1)[nH]c1cc2sc4c5ccccc5ccc4c2cc13. The van der Waals surface area contributed by atoms with Crippen LogP contribution in [0.2, 0.25) is 5.02 Å². The van der Waals surface area contributed by atoms with Crippen LogP contribution >= 0.6 is 34.3 Å². The van der Waals surface area contributed by atoms with Crippen molar-refractivity contribution >= 4 is 206 Å². The highest BCUT2D eigenvalue weighted by molar-refractivity contribution is 7.27. The van der Waals surface area contributed by atoms with Crippen molar-refractivity contribution in [3.63, 3.8) is 0 Å². The summed E-state index contributed by atoms with van der Waals surface area (Å²) in [5.74, 6) is 0. The summed E-state index contributed by atoms with van der Waals surface area (Å²) in [6, 6.07) is 115. The van der Waals surface area contributed by atoms with Gasteiger partial charge in [0.1, 0.15) is 33.6 Å². The molecule has 107 heavy (non-hydrogen) atoms. The van der Waals surface area contributed by atoms with E-state index in [-0.39, 0.29) is 0 Å². The predicted octanol–water partition coefficient (Wildman–Crippen LogP) is 27.8. The van der Waals surface area contributed by atoms with E-state index >= 15 is 0 Å². The summed E-state index contributed by atoms with van der Waals surface area (Å²) < 4.78 is 19.9. The lowest BCUT2D eigenvalue weighted by Crippen LogP contribution is -1.97. The molecule has 0 aliphatic carbocycles. The van der Waals surface area contributed by atoms with Gasteiger partial charge < -0.3 is 18.4 Å². The molecule has 0 saturated heterocycles. The van der Waals surface area contributed by atoms with Crippen molar-refractivity contribution in [2.24, 2.45) is 0 Å². The van der Waals surface area contributed by atoms with Gasteiger partial charge in [-0.25, -0.2) is 19.9 Å². The van der Waals surface area contributed by atoms with Gasteiger partial charge in [-0.1, -0.05) is 242 Å². The number of hydrogen-bond acceptors (Lipinski definition) is 8. The van der Waals surface area contributed by atoms with Crippen LogP contribution < -0.4 is 0 Å². The number of hydrogen-bond donors (Lipinski definition) is 1. The average molecular weight is 1420 g/mol. The molecule has 0 unspecified atom stereocenters. The van der Waals surface area contributed by atoms with Gasteiger partial charge in [0.25, 0.3) is 0 Å². The minimum atomic E-state index is 0.538. The molecule has 8 nitrogen and oxygen atoms in total. The molecule has 24 rings (SSSR count). The molecule has 0 aliphatic heterocycles. The van der Waals surface area contributed by atoms with Gasteiger partial charge in [0.05, 0.1) is 22.4 Å². The first-order valence-corrected chi connectivity index (χ1v) is 37.7. The van der Waals surface area contributed by atoms with Crippen molar-refractivity contribution in [2.75, 3.05) is 0 Å². The van der Waals surface area contributed by atoms with Crippen molar-refractivity contribution in [1.82, 2.24) is 29.5 Å². The van der Waals surface area contributed by atoms with Crippen LogP contribution in [-0.4, -0.2) is 29.5 Å². The maximum absolute atomic E-state index is 6.22. The average Bonchev–Trinajstić information content (AvgIpc) is 1.58. The summed E-state index contributed by atoms with van der Waals surface area (Å²) in [5, 5.41) is 23.2. The summed E-state index contributed by atoms with van der Waals surface area (Å²) in [6.07, 6.45) is 0. The lowest BCUT2D eigenvalue weighted by molar-refractivity contribution is 0.653. The second-order valence-corrected chi connectivity index (χ2v) is 29.9. The van der Waals surface area contributed by atoms with Crippen LogP contribution in [-0.2, 0) is 0 Å². The topological polar surface area (TPSA) is 98.6 Å². The maximum atomic E-state index is 6.22. The zero-order valence-electron chi connectivity index (χ0n) is 56.9. The Balaban J connectivity index is 0.000000111. The largest absolute Gasteiger partial charge is 0.436 e. The van der Waals surface area contributed by atoms with E-state index < -0.39 is 0 Å². The highest BCUT2D eigenvalue weighted by atomic mass is 35.5. The van der Waals surface area contributed by atoms with Gasteiger partial charge in [0.2, 0.25) is 11.4 Å². The Hall–Kier alpha value is -13.4. The zero-order chi connectivity index (χ0) is 70.4. The molecule has 0 aliphatic rings. The Morgan fingerprint density at radius 1 is 0.280 bits per heavy atom. The fourth-order valence-electron chi connectivity index (χ4n) is 16.0. The summed E-state index contributed by atoms with van der Waals surface area (Å²) in [5.41, 5.74) is 17.1. The summed E-state index contributed by atoms with van der Waals surface area (Å²) in [7, 11) is 0. The minimum Gasteiger partial charge on any atom is -0.436 e. The highest BCUT2D eigenvalue weighted by Gasteiger charge is 2.23.